The van der Waals surface area contributed by atoms with E-state index in [1.807, 2.05) is 18.3 Å². The molecule has 0 radical (unpaired) electrons. The number of aromatic nitrogens is 2. The van der Waals surface area contributed by atoms with Gasteiger partial charge in [-0.1, -0.05) is 60.7 Å². The smallest absolute Gasteiger partial charge is 0.227 e. The molecule has 0 aliphatic heterocycles. The maximum atomic E-state index is 4.69. The van der Waals surface area contributed by atoms with Crippen molar-refractivity contribution in [3.8, 4) is 0 Å². The summed E-state index contributed by atoms with van der Waals surface area (Å²) in [5, 5.41) is 3.42. The highest BCUT2D eigenvalue weighted by molar-refractivity contribution is 5.41. The van der Waals surface area contributed by atoms with Gasteiger partial charge in [-0.15, -0.1) is 0 Å². The zero-order valence-electron chi connectivity index (χ0n) is 15.3. The second-order valence-corrected chi connectivity index (χ2v) is 6.26. The van der Waals surface area contributed by atoms with Crippen molar-refractivity contribution in [1.82, 2.24) is 9.97 Å². The molecule has 0 spiro atoms. The molecular weight excluding hydrogens is 320 g/mol. The number of aryl methyl sites for hydroxylation is 1. The number of anilines is 2. The van der Waals surface area contributed by atoms with Crippen LogP contribution in [0.15, 0.2) is 72.9 Å². The summed E-state index contributed by atoms with van der Waals surface area (Å²) in [6.07, 6.45) is 3.97. The lowest BCUT2D eigenvalue weighted by molar-refractivity contribution is 0.789. The van der Waals surface area contributed by atoms with Gasteiger partial charge in [0.15, 0.2) is 0 Å². The number of rotatable bonds is 9. The van der Waals surface area contributed by atoms with Gasteiger partial charge >= 0.3 is 0 Å². The van der Waals surface area contributed by atoms with E-state index >= 15 is 0 Å². The third-order valence-corrected chi connectivity index (χ3v) is 4.31. The van der Waals surface area contributed by atoms with Crippen LogP contribution in [0.1, 0.15) is 24.5 Å². The molecule has 4 nitrogen and oxygen atoms in total. The Kier molecular flexibility index (Phi) is 6.59. The lowest BCUT2D eigenvalue weighted by Crippen LogP contribution is -2.24. The first-order valence-corrected chi connectivity index (χ1v) is 9.25. The van der Waals surface area contributed by atoms with E-state index in [2.05, 4.69) is 81.7 Å². The Balaban J connectivity index is 1.54. The van der Waals surface area contributed by atoms with Gasteiger partial charge in [-0.25, -0.2) is 4.98 Å². The quantitative estimate of drug-likeness (QED) is 0.577. The van der Waals surface area contributed by atoms with Crippen molar-refractivity contribution in [3.63, 3.8) is 0 Å². The second kappa shape index (κ2) is 9.56. The SMILES string of the molecule is CCN(Cc1ccccc1)c1nccc(NCCCc2ccccc2)n1. The molecule has 2 aromatic carbocycles. The van der Waals surface area contributed by atoms with E-state index in [4.69, 9.17) is 0 Å². The molecule has 0 saturated heterocycles. The van der Waals surface area contributed by atoms with E-state index in [0.717, 1.165) is 44.2 Å². The highest BCUT2D eigenvalue weighted by atomic mass is 15.3. The number of nitrogens with one attached hydrogen (secondary N) is 1. The maximum absolute atomic E-state index is 4.69. The molecular formula is C22H26N4. The fraction of sp³-hybridized carbons (Fsp3) is 0.273. The Hall–Kier alpha value is -2.88. The topological polar surface area (TPSA) is 41.1 Å². The van der Waals surface area contributed by atoms with Gasteiger partial charge in [0.25, 0.3) is 0 Å². The van der Waals surface area contributed by atoms with Crippen molar-refractivity contribution in [2.45, 2.75) is 26.3 Å². The molecule has 0 unspecified atom stereocenters. The predicted octanol–water partition coefficient (Wildman–Crippen LogP) is 4.55. The van der Waals surface area contributed by atoms with Crippen LogP contribution in [0.5, 0.6) is 0 Å². The summed E-state index contributed by atoms with van der Waals surface area (Å²) in [5.41, 5.74) is 2.64. The Morgan fingerprint density at radius 2 is 1.58 bits per heavy atom. The average Bonchev–Trinajstić information content (AvgIpc) is 2.71. The van der Waals surface area contributed by atoms with Gasteiger partial charge in [0.2, 0.25) is 5.95 Å². The van der Waals surface area contributed by atoms with Crippen LogP contribution in [0.3, 0.4) is 0 Å². The van der Waals surface area contributed by atoms with Crippen LogP contribution in [0.25, 0.3) is 0 Å². The standard InChI is InChI=1S/C22H26N4/c1-2-26(18-20-12-7-4-8-13-20)22-24-17-15-21(25-22)23-16-9-14-19-10-5-3-6-11-19/h3-8,10-13,15,17H,2,9,14,16,18H2,1H3,(H,23,24,25). The van der Waals surface area contributed by atoms with Gasteiger partial charge in [0, 0.05) is 25.8 Å². The number of benzene rings is 2. The van der Waals surface area contributed by atoms with E-state index in [9.17, 15) is 0 Å². The summed E-state index contributed by atoms with van der Waals surface area (Å²) >= 11 is 0. The van der Waals surface area contributed by atoms with Crippen molar-refractivity contribution < 1.29 is 0 Å². The van der Waals surface area contributed by atoms with Gasteiger partial charge in [-0.2, -0.15) is 4.98 Å². The van der Waals surface area contributed by atoms with Gasteiger partial charge in [-0.05, 0) is 37.0 Å². The maximum Gasteiger partial charge on any atom is 0.227 e. The molecule has 3 rings (SSSR count). The van der Waals surface area contributed by atoms with E-state index in [1.165, 1.54) is 11.1 Å². The van der Waals surface area contributed by atoms with Crippen molar-refractivity contribution in [2.75, 3.05) is 23.3 Å². The van der Waals surface area contributed by atoms with Crippen LogP contribution in [0.4, 0.5) is 11.8 Å². The zero-order valence-corrected chi connectivity index (χ0v) is 15.3. The van der Waals surface area contributed by atoms with Crippen molar-refractivity contribution in [2.24, 2.45) is 0 Å². The molecule has 0 fully saturated rings. The fourth-order valence-corrected chi connectivity index (χ4v) is 2.88. The van der Waals surface area contributed by atoms with Gasteiger partial charge in [0.05, 0.1) is 0 Å². The summed E-state index contributed by atoms with van der Waals surface area (Å²) < 4.78 is 0. The van der Waals surface area contributed by atoms with Crippen LogP contribution in [-0.2, 0) is 13.0 Å². The highest BCUT2D eigenvalue weighted by Gasteiger charge is 2.09. The van der Waals surface area contributed by atoms with Crippen molar-refractivity contribution >= 4 is 11.8 Å². The first kappa shape index (κ1) is 17.9. The molecule has 1 N–H and O–H groups in total. The number of nitrogens with zero attached hydrogens (tertiary/aromatic N) is 3. The van der Waals surface area contributed by atoms with E-state index in [-0.39, 0.29) is 0 Å². The van der Waals surface area contributed by atoms with E-state index in [0.29, 0.717) is 0 Å². The third kappa shape index (κ3) is 5.31. The minimum atomic E-state index is 0.768. The Bertz CT molecular complexity index is 774. The molecule has 0 aliphatic rings. The average molecular weight is 346 g/mol. The zero-order chi connectivity index (χ0) is 18.0. The molecule has 0 bridgehead atoms. The van der Waals surface area contributed by atoms with Crippen LogP contribution < -0.4 is 10.2 Å². The first-order valence-electron chi connectivity index (χ1n) is 9.25. The van der Waals surface area contributed by atoms with Crippen LogP contribution >= 0.6 is 0 Å². The molecule has 4 heteroatoms. The fourth-order valence-electron chi connectivity index (χ4n) is 2.88. The summed E-state index contributed by atoms with van der Waals surface area (Å²) in [6.45, 7) is 4.71. The largest absolute Gasteiger partial charge is 0.370 e. The normalized spacial score (nSPS) is 10.5. The molecule has 0 atom stereocenters. The van der Waals surface area contributed by atoms with Crippen LogP contribution in [0.2, 0.25) is 0 Å². The Morgan fingerprint density at radius 1 is 0.885 bits per heavy atom. The summed E-state index contributed by atoms with van der Waals surface area (Å²) in [7, 11) is 0. The third-order valence-electron chi connectivity index (χ3n) is 4.31. The predicted molar refractivity (Wildman–Crippen MR) is 108 cm³/mol. The number of hydrogen-bond donors (Lipinski definition) is 1. The summed E-state index contributed by atoms with van der Waals surface area (Å²) in [5.74, 6) is 1.65. The molecule has 0 aliphatic carbocycles. The monoisotopic (exact) mass is 346 g/mol. The van der Waals surface area contributed by atoms with Crippen molar-refractivity contribution in [1.29, 1.82) is 0 Å². The lowest BCUT2D eigenvalue weighted by atomic mass is 10.1. The Morgan fingerprint density at radius 3 is 2.27 bits per heavy atom. The van der Waals surface area contributed by atoms with Crippen LogP contribution in [0, 0.1) is 0 Å². The molecule has 134 valence electrons. The number of hydrogen-bond acceptors (Lipinski definition) is 4. The van der Waals surface area contributed by atoms with Crippen molar-refractivity contribution in [3.05, 3.63) is 84.1 Å². The minimum Gasteiger partial charge on any atom is -0.370 e. The van der Waals surface area contributed by atoms with E-state index in [1.54, 1.807) is 0 Å². The Labute approximate surface area is 155 Å². The first-order chi connectivity index (χ1) is 12.8. The lowest BCUT2D eigenvalue weighted by Gasteiger charge is -2.21. The molecule has 0 amide bonds. The van der Waals surface area contributed by atoms with Gasteiger partial charge in [-0.3, -0.25) is 0 Å². The van der Waals surface area contributed by atoms with Gasteiger partial charge in [0.1, 0.15) is 5.82 Å². The molecule has 1 heterocycles. The van der Waals surface area contributed by atoms with Gasteiger partial charge < -0.3 is 10.2 Å². The summed E-state index contributed by atoms with van der Waals surface area (Å²) in [4.78, 5) is 11.3. The molecule has 0 saturated carbocycles. The molecule has 26 heavy (non-hydrogen) atoms. The van der Waals surface area contributed by atoms with Crippen LogP contribution in [-0.4, -0.2) is 23.1 Å². The summed E-state index contributed by atoms with van der Waals surface area (Å²) in [6, 6.07) is 22.9. The highest BCUT2D eigenvalue weighted by Crippen LogP contribution is 2.14. The minimum absolute atomic E-state index is 0.768. The second-order valence-electron chi connectivity index (χ2n) is 6.26. The molecule has 3 aromatic rings. The molecule has 1 aromatic heterocycles. The van der Waals surface area contributed by atoms with E-state index < -0.39 is 0 Å².